The second-order valence-corrected chi connectivity index (χ2v) is 4.33. The molecule has 1 saturated carbocycles. The maximum Gasteiger partial charge on any atom is 0.328 e. The average molecular weight is 216 g/mol. The van der Waals surface area contributed by atoms with Gasteiger partial charge in [-0.05, 0) is 37.2 Å². The fraction of sp³-hybridized carbons (Fsp3) is 0.357. The minimum Gasteiger partial charge on any atom is -0.478 e. The lowest BCUT2D eigenvalue weighted by atomic mass is 9.81. The highest BCUT2D eigenvalue weighted by atomic mass is 16.4. The third kappa shape index (κ3) is 2.72. The number of carboxylic acid groups (broad SMARTS) is 1. The molecule has 2 rings (SSSR count). The zero-order chi connectivity index (χ0) is 11.4. The number of hydrogen-bond donors (Lipinski definition) is 1. The number of carbonyl (C=O) groups is 1. The Hall–Kier alpha value is -1.57. The molecular weight excluding hydrogens is 200 g/mol. The maximum absolute atomic E-state index is 10.5. The van der Waals surface area contributed by atoms with Crippen LogP contribution in [0.5, 0.6) is 0 Å². The molecule has 0 atom stereocenters. The summed E-state index contributed by atoms with van der Waals surface area (Å²) in [5.74, 6) is -0.208. The van der Waals surface area contributed by atoms with E-state index in [1.807, 2.05) is 6.07 Å². The van der Waals surface area contributed by atoms with Crippen LogP contribution in [0.1, 0.15) is 37.2 Å². The molecule has 16 heavy (non-hydrogen) atoms. The van der Waals surface area contributed by atoms with Crippen LogP contribution in [0.25, 0.3) is 0 Å². The van der Waals surface area contributed by atoms with Crippen molar-refractivity contribution >= 4 is 5.97 Å². The molecule has 1 aliphatic carbocycles. The largest absolute Gasteiger partial charge is 0.478 e. The van der Waals surface area contributed by atoms with E-state index in [0.29, 0.717) is 5.92 Å². The minimum atomic E-state index is -0.812. The van der Waals surface area contributed by atoms with Gasteiger partial charge in [0.15, 0.2) is 0 Å². The summed E-state index contributed by atoms with van der Waals surface area (Å²) in [7, 11) is 0. The van der Waals surface area contributed by atoms with Crippen molar-refractivity contribution in [3.63, 3.8) is 0 Å². The normalized spacial score (nSPS) is 20.5. The molecule has 1 aliphatic rings. The summed E-state index contributed by atoms with van der Waals surface area (Å²) >= 11 is 0. The van der Waals surface area contributed by atoms with Gasteiger partial charge in [0.2, 0.25) is 0 Å². The lowest BCUT2D eigenvalue weighted by Gasteiger charge is -2.23. The Morgan fingerprint density at radius 3 is 2.38 bits per heavy atom. The van der Waals surface area contributed by atoms with Crippen molar-refractivity contribution in [2.24, 2.45) is 0 Å². The monoisotopic (exact) mass is 216 g/mol. The number of benzene rings is 1. The molecular formula is C14H16O2. The Balaban J connectivity index is 1.98. The molecule has 0 saturated heterocycles. The van der Waals surface area contributed by atoms with Gasteiger partial charge >= 0.3 is 5.97 Å². The van der Waals surface area contributed by atoms with Gasteiger partial charge in [-0.3, -0.25) is 0 Å². The van der Waals surface area contributed by atoms with Gasteiger partial charge in [0, 0.05) is 6.08 Å². The maximum atomic E-state index is 10.5. The molecule has 0 spiro atoms. The molecule has 0 aliphatic heterocycles. The van der Waals surface area contributed by atoms with Crippen LogP contribution >= 0.6 is 0 Å². The number of hydrogen-bond acceptors (Lipinski definition) is 1. The highest BCUT2D eigenvalue weighted by Gasteiger charge is 2.18. The third-order valence-electron chi connectivity index (χ3n) is 3.23. The molecule has 84 valence electrons. The van der Waals surface area contributed by atoms with Crippen LogP contribution in [-0.4, -0.2) is 11.1 Å². The van der Waals surface area contributed by atoms with Crippen molar-refractivity contribution in [3.05, 3.63) is 47.5 Å². The zero-order valence-electron chi connectivity index (χ0n) is 9.23. The molecule has 0 aromatic heterocycles. The topological polar surface area (TPSA) is 37.3 Å². The second kappa shape index (κ2) is 4.97. The average Bonchev–Trinajstić information content (AvgIpc) is 2.30. The minimum absolute atomic E-state index is 0.604. The molecule has 0 heterocycles. The second-order valence-electron chi connectivity index (χ2n) is 4.33. The third-order valence-corrected chi connectivity index (χ3v) is 3.23. The molecule has 2 nitrogen and oxygen atoms in total. The summed E-state index contributed by atoms with van der Waals surface area (Å²) in [5.41, 5.74) is 2.47. The first-order chi connectivity index (χ1) is 7.75. The summed E-state index contributed by atoms with van der Waals surface area (Å²) in [5, 5.41) is 8.67. The van der Waals surface area contributed by atoms with Gasteiger partial charge in [0.1, 0.15) is 0 Å². The summed E-state index contributed by atoms with van der Waals surface area (Å²) in [4.78, 5) is 10.5. The zero-order valence-corrected chi connectivity index (χ0v) is 9.23. The van der Waals surface area contributed by atoms with Crippen LogP contribution in [-0.2, 0) is 4.79 Å². The summed E-state index contributed by atoms with van der Waals surface area (Å²) in [6.07, 6.45) is 5.37. The number of carboxylic acids is 1. The fourth-order valence-electron chi connectivity index (χ4n) is 2.37. The Bertz CT molecular complexity index is 382. The van der Waals surface area contributed by atoms with Gasteiger partial charge in [0.05, 0.1) is 0 Å². The molecule has 2 heteroatoms. The lowest BCUT2D eigenvalue weighted by molar-refractivity contribution is -0.131. The van der Waals surface area contributed by atoms with Gasteiger partial charge < -0.3 is 5.11 Å². The van der Waals surface area contributed by atoms with E-state index in [9.17, 15) is 4.79 Å². The van der Waals surface area contributed by atoms with Crippen molar-refractivity contribution in [2.45, 2.75) is 31.6 Å². The summed E-state index contributed by atoms with van der Waals surface area (Å²) in [6.45, 7) is 0. The Kier molecular flexibility index (Phi) is 3.40. The van der Waals surface area contributed by atoms with E-state index in [4.69, 9.17) is 5.11 Å². The first kappa shape index (κ1) is 10.9. The number of rotatable bonds is 2. The molecule has 0 amide bonds. The van der Waals surface area contributed by atoms with Gasteiger partial charge in [-0.1, -0.05) is 35.9 Å². The van der Waals surface area contributed by atoms with Crippen molar-refractivity contribution < 1.29 is 9.90 Å². The van der Waals surface area contributed by atoms with Crippen molar-refractivity contribution in [1.82, 2.24) is 0 Å². The van der Waals surface area contributed by atoms with Crippen LogP contribution in [0.4, 0.5) is 0 Å². The number of allylic oxidation sites excluding steroid dienone is 1. The first-order valence-electron chi connectivity index (χ1n) is 5.73. The van der Waals surface area contributed by atoms with E-state index in [-0.39, 0.29) is 0 Å². The SMILES string of the molecule is O=C(O)C=C1CCC(c2ccccc2)CC1. The molecule has 1 N–H and O–H groups in total. The molecule has 1 aromatic rings. The Morgan fingerprint density at radius 2 is 1.81 bits per heavy atom. The van der Waals surface area contributed by atoms with Crippen LogP contribution in [0.15, 0.2) is 42.0 Å². The smallest absolute Gasteiger partial charge is 0.328 e. The van der Waals surface area contributed by atoms with Gasteiger partial charge in [0.25, 0.3) is 0 Å². The standard InChI is InChI=1S/C14H16O2/c15-14(16)10-11-6-8-13(9-7-11)12-4-2-1-3-5-12/h1-5,10,13H,6-9H2,(H,15,16). The van der Waals surface area contributed by atoms with Gasteiger partial charge in [-0.2, -0.15) is 0 Å². The molecule has 1 aromatic carbocycles. The van der Waals surface area contributed by atoms with E-state index in [1.54, 1.807) is 0 Å². The molecule has 0 radical (unpaired) electrons. The van der Waals surface area contributed by atoms with E-state index >= 15 is 0 Å². The Labute approximate surface area is 95.6 Å². The quantitative estimate of drug-likeness (QED) is 0.770. The van der Waals surface area contributed by atoms with E-state index < -0.39 is 5.97 Å². The van der Waals surface area contributed by atoms with Crippen LogP contribution < -0.4 is 0 Å². The number of aliphatic carboxylic acids is 1. The van der Waals surface area contributed by atoms with Gasteiger partial charge in [-0.15, -0.1) is 0 Å². The summed E-state index contributed by atoms with van der Waals surface area (Å²) < 4.78 is 0. The molecule has 1 fully saturated rings. The van der Waals surface area contributed by atoms with E-state index in [1.165, 1.54) is 11.6 Å². The highest BCUT2D eigenvalue weighted by molar-refractivity contribution is 5.80. The van der Waals surface area contributed by atoms with Crippen molar-refractivity contribution in [1.29, 1.82) is 0 Å². The van der Waals surface area contributed by atoms with E-state index in [2.05, 4.69) is 24.3 Å². The highest BCUT2D eigenvalue weighted by Crippen LogP contribution is 2.35. The predicted octanol–water partition coefficient (Wildman–Crippen LogP) is 3.36. The van der Waals surface area contributed by atoms with Crippen LogP contribution in [0.3, 0.4) is 0 Å². The van der Waals surface area contributed by atoms with Crippen molar-refractivity contribution in [2.75, 3.05) is 0 Å². The fourth-order valence-corrected chi connectivity index (χ4v) is 2.37. The predicted molar refractivity (Wildman–Crippen MR) is 63.4 cm³/mol. The molecule has 0 unspecified atom stereocenters. The summed E-state index contributed by atoms with van der Waals surface area (Å²) in [6, 6.07) is 10.5. The Morgan fingerprint density at radius 1 is 1.19 bits per heavy atom. The van der Waals surface area contributed by atoms with Gasteiger partial charge in [-0.25, -0.2) is 4.79 Å². The first-order valence-corrected chi connectivity index (χ1v) is 5.73. The molecule has 0 bridgehead atoms. The van der Waals surface area contributed by atoms with Crippen LogP contribution in [0.2, 0.25) is 0 Å². The lowest BCUT2D eigenvalue weighted by Crippen LogP contribution is -2.07. The van der Waals surface area contributed by atoms with E-state index in [0.717, 1.165) is 31.3 Å². The van der Waals surface area contributed by atoms with Crippen molar-refractivity contribution in [3.8, 4) is 0 Å². The van der Waals surface area contributed by atoms with Crippen LogP contribution in [0, 0.1) is 0 Å².